The fourth-order valence-electron chi connectivity index (χ4n) is 2.96. The number of nitrogens with one attached hydrogen (secondary N) is 1. The van der Waals surface area contributed by atoms with Crippen LogP contribution in [0.3, 0.4) is 0 Å². The maximum absolute atomic E-state index is 12.4. The van der Waals surface area contributed by atoms with Crippen molar-refractivity contribution in [2.24, 2.45) is 0 Å². The Balaban J connectivity index is 1.70. The average molecular weight is 351 g/mol. The summed E-state index contributed by atoms with van der Waals surface area (Å²) in [5.74, 6) is 0.621. The summed E-state index contributed by atoms with van der Waals surface area (Å²) in [6.45, 7) is 6.04. The van der Waals surface area contributed by atoms with Gasteiger partial charge in [0.1, 0.15) is 5.75 Å². The van der Waals surface area contributed by atoms with Crippen LogP contribution in [-0.2, 0) is 4.79 Å². The van der Waals surface area contributed by atoms with Crippen molar-refractivity contribution in [1.82, 2.24) is 0 Å². The van der Waals surface area contributed by atoms with Gasteiger partial charge >= 0.3 is 0 Å². The van der Waals surface area contributed by atoms with Crippen LogP contribution >= 0.6 is 11.3 Å². The second-order valence-electron chi connectivity index (χ2n) is 6.09. The topological polar surface area (TPSA) is 38.3 Å². The fraction of sp³-hybridized carbons (Fsp3) is 0.190. The molecule has 1 aromatic heterocycles. The number of hydrogen-bond acceptors (Lipinski definition) is 3. The molecule has 0 unspecified atom stereocenters. The number of anilines is 1. The second kappa shape index (κ2) is 7.53. The van der Waals surface area contributed by atoms with Crippen molar-refractivity contribution < 1.29 is 9.53 Å². The molecule has 0 spiro atoms. The summed E-state index contributed by atoms with van der Waals surface area (Å²) in [5, 5.41) is 4.99. The van der Waals surface area contributed by atoms with E-state index in [0.29, 0.717) is 0 Å². The van der Waals surface area contributed by atoms with Gasteiger partial charge in [-0.15, -0.1) is 11.3 Å². The van der Waals surface area contributed by atoms with Crippen LogP contribution in [0, 0.1) is 20.8 Å². The normalized spacial score (nSPS) is 10.5. The lowest BCUT2D eigenvalue weighted by molar-refractivity contribution is -0.118. The van der Waals surface area contributed by atoms with Crippen LogP contribution in [0.1, 0.15) is 16.7 Å². The molecule has 0 saturated heterocycles. The Morgan fingerprint density at radius 1 is 1.04 bits per heavy atom. The Labute approximate surface area is 152 Å². The summed E-state index contributed by atoms with van der Waals surface area (Å²) in [6.07, 6.45) is 0. The van der Waals surface area contributed by atoms with E-state index < -0.39 is 0 Å². The second-order valence-corrected chi connectivity index (χ2v) is 7.04. The van der Waals surface area contributed by atoms with Crippen molar-refractivity contribution >= 4 is 22.9 Å². The highest BCUT2D eigenvalue weighted by Gasteiger charge is 2.11. The predicted molar refractivity (Wildman–Crippen MR) is 105 cm³/mol. The Morgan fingerprint density at radius 2 is 1.76 bits per heavy atom. The Morgan fingerprint density at radius 3 is 2.44 bits per heavy atom. The van der Waals surface area contributed by atoms with Crippen molar-refractivity contribution in [3.63, 3.8) is 0 Å². The summed E-state index contributed by atoms with van der Waals surface area (Å²) < 4.78 is 5.78. The molecule has 4 heteroatoms. The van der Waals surface area contributed by atoms with E-state index in [1.54, 1.807) is 11.3 Å². The zero-order chi connectivity index (χ0) is 17.8. The van der Waals surface area contributed by atoms with Gasteiger partial charge in [0.15, 0.2) is 6.61 Å². The largest absolute Gasteiger partial charge is 0.483 e. The lowest BCUT2D eigenvalue weighted by atomic mass is 10.1. The quantitative estimate of drug-likeness (QED) is 0.672. The number of para-hydroxylation sites is 1. The van der Waals surface area contributed by atoms with E-state index in [1.807, 2.05) is 55.6 Å². The van der Waals surface area contributed by atoms with Crippen molar-refractivity contribution in [3.8, 4) is 16.2 Å². The summed E-state index contributed by atoms with van der Waals surface area (Å²) in [4.78, 5) is 13.5. The van der Waals surface area contributed by atoms with E-state index in [-0.39, 0.29) is 12.5 Å². The van der Waals surface area contributed by atoms with Gasteiger partial charge < -0.3 is 10.1 Å². The molecule has 25 heavy (non-hydrogen) atoms. The van der Waals surface area contributed by atoms with Crippen molar-refractivity contribution in [2.45, 2.75) is 20.8 Å². The van der Waals surface area contributed by atoms with Crippen LogP contribution in [0.2, 0.25) is 0 Å². The van der Waals surface area contributed by atoms with Crippen LogP contribution in [0.5, 0.6) is 5.75 Å². The van der Waals surface area contributed by atoms with Gasteiger partial charge in [0.05, 0.1) is 0 Å². The van der Waals surface area contributed by atoms with Crippen LogP contribution in [0.25, 0.3) is 10.4 Å². The van der Waals surface area contributed by atoms with Crippen LogP contribution in [0.15, 0.2) is 53.9 Å². The molecule has 3 rings (SSSR count). The van der Waals surface area contributed by atoms with Gasteiger partial charge in [-0.1, -0.05) is 42.0 Å². The number of carbonyl (C=O) groups is 1. The zero-order valence-corrected chi connectivity index (χ0v) is 15.4. The zero-order valence-electron chi connectivity index (χ0n) is 14.6. The SMILES string of the molecule is Cc1cc(C)c(OCC(=O)Nc2ccccc2-c2cccs2)c(C)c1. The summed E-state index contributed by atoms with van der Waals surface area (Å²) in [7, 11) is 0. The minimum absolute atomic E-state index is 0.0104. The van der Waals surface area contributed by atoms with Crippen molar-refractivity contribution in [2.75, 3.05) is 11.9 Å². The number of ether oxygens (including phenoxy) is 1. The standard InChI is InChI=1S/C21H21NO2S/c1-14-11-15(2)21(16(3)12-14)24-13-20(23)22-18-8-5-4-7-17(18)19-9-6-10-25-19/h4-12H,13H2,1-3H3,(H,22,23). The molecule has 1 heterocycles. The molecule has 0 fully saturated rings. The van der Waals surface area contributed by atoms with Gasteiger partial charge in [-0.05, 0) is 49.4 Å². The highest BCUT2D eigenvalue weighted by molar-refractivity contribution is 7.13. The molecule has 1 amide bonds. The maximum Gasteiger partial charge on any atom is 0.262 e. The summed E-state index contributed by atoms with van der Waals surface area (Å²) in [5.41, 5.74) is 5.11. The lowest BCUT2D eigenvalue weighted by Crippen LogP contribution is -2.21. The van der Waals surface area contributed by atoms with Crippen molar-refractivity contribution in [3.05, 3.63) is 70.6 Å². The van der Waals surface area contributed by atoms with E-state index >= 15 is 0 Å². The number of aryl methyl sites for hydroxylation is 3. The van der Waals surface area contributed by atoms with E-state index in [4.69, 9.17) is 4.74 Å². The number of carbonyl (C=O) groups excluding carboxylic acids is 1. The molecule has 3 nitrogen and oxygen atoms in total. The van der Waals surface area contributed by atoms with E-state index in [9.17, 15) is 4.79 Å². The average Bonchev–Trinajstić information content (AvgIpc) is 3.08. The minimum atomic E-state index is -0.164. The number of rotatable bonds is 5. The molecular weight excluding hydrogens is 330 g/mol. The molecular formula is C21H21NO2S. The van der Waals surface area contributed by atoms with Crippen LogP contribution < -0.4 is 10.1 Å². The number of amides is 1. The van der Waals surface area contributed by atoms with Crippen LogP contribution in [-0.4, -0.2) is 12.5 Å². The Bertz CT molecular complexity index is 862. The molecule has 1 N–H and O–H groups in total. The monoisotopic (exact) mass is 351 g/mol. The molecule has 0 atom stereocenters. The Kier molecular flexibility index (Phi) is 5.19. The smallest absolute Gasteiger partial charge is 0.262 e. The first kappa shape index (κ1) is 17.2. The third-order valence-corrected chi connectivity index (χ3v) is 4.84. The predicted octanol–water partition coefficient (Wildman–Crippen LogP) is 5.36. The molecule has 0 saturated carbocycles. The molecule has 0 bridgehead atoms. The Hall–Kier alpha value is -2.59. The lowest BCUT2D eigenvalue weighted by Gasteiger charge is -2.14. The van der Waals surface area contributed by atoms with Gasteiger partial charge in [0.25, 0.3) is 5.91 Å². The molecule has 0 aliphatic carbocycles. The number of hydrogen-bond donors (Lipinski definition) is 1. The molecule has 0 aliphatic heterocycles. The minimum Gasteiger partial charge on any atom is -0.483 e. The fourth-order valence-corrected chi connectivity index (χ4v) is 3.72. The maximum atomic E-state index is 12.4. The van der Waals surface area contributed by atoms with E-state index in [0.717, 1.165) is 33.0 Å². The molecule has 128 valence electrons. The molecule has 0 aliphatic rings. The van der Waals surface area contributed by atoms with E-state index in [1.165, 1.54) is 5.56 Å². The summed E-state index contributed by atoms with van der Waals surface area (Å²) >= 11 is 1.65. The number of benzene rings is 2. The van der Waals surface area contributed by atoms with Gasteiger partial charge in [0, 0.05) is 16.1 Å². The third kappa shape index (κ3) is 4.09. The molecule has 0 radical (unpaired) electrons. The number of thiophene rings is 1. The highest BCUT2D eigenvalue weighted by atomic mass is 32.1. The van der Waals surface area contributed by atoms with Crippen molar-refractivity contribution in [1.29, 1.82) is 0 Å². The first-order chi connectivity index (χ1) is 12.0. The first-order valence-corrected chi connectivity index (χ1v) is 9.06. The van der Waals surface area contributed by atoms with Gasteiger partial charge in [-0.25, -0.2) is 0 Å². The van der Waals surface area contributed by atoms with Gasteiger partial charge in [-0.3, -0.25) is 4.79 Å². The van der Waals surface area contributed by atoms with E-state index in [2.05, 4.69) is 24.4 Å². The first-order valence-electron chi connectivity index (χ1n) is 8.18. The van der Waals surface area contributed by atoms with Gasteiger partial charge in [-0.2, -0.15) is 0 Å². The third-order valence-electron chi connectivity index (χ3n) is 3.94. The molecule has 2 aromatic carbocycles. The van der Waals surface area contributed by atoms with Crippen LogP contribution in [0.4, 0.5) is 5.69 Å². The van der Waals surface area contributed by atoms with Gasteiger partial charge in [0.2, 0.25) is 0 Å². The molecule has 3 aromatic rings. The summed E-state index contributed by atoms with van der Waals surface area (Å²) in [6, 6.07) is 16.0. The highest BCUT2D eigenvalue weighted by Crippen LogP contribution is 2.31.